The maximum Gasteiger partial charge on any atom is 0.411 e. The number of nitrogens with zero attached hydrogens (tertiary/aromatic N) is 2. The van der Waals surface area contributed by atoms with E-state index in [2.05, 4.69) is 15.2 Å². The summed E-state index contributed by atoms with van der Waals surface area (Å²) in [6.45, 7) is 2.37. The van der Waals surface area contributed by atoms with Gasteiger partial charge in [-0.3, -0.25) is 15.0 Å². The number of aromatic nitrogens is 1. The number of ether oxygens (including phenoxy) is 1. The molecule has 0 saturated carbocycles. The number of Topliss-reactive ketones (excluding diaryl/α,β-unsaturated/α-hetero) is 1. The van der Waals surface area contributed by atoms with Gasteiger partial charge < -0.3 is 9.15 Å². The first-order valence-corrected chi connectivity index (χ1v) is 9.87. The Bertz CT molecular complexity index is 1030. The number of carbonyl (C=O) groups is 2. The van der Waals surface area contributed by atoms with E-state index in [4.69, 9.17) is 9.15 Å². The summed E-state index contributed by atoms with van der Waals surface area (Å²) in [6.07, 6.45) is 2.29. The number of carbonyl (C=O) groups excluding carboxylic acids is 2. The van der Waals surface area contributed by atoms with E-state index in [9.17, 15) is 14.0 Å². The standard InChI is InChI=1S/C22H22FN3O4/c23-17-3-1-15(2-4-17)21(27)16-7-9-26(10-8-16)11-12-29-22(28)25-18-5-6-20-19(13-18)24-14-30-20/h1-6,13-14,16H,7-12H2,(H,25,28). The third-order valence-corrected chi connectivity index (χ3v) is 5.30. The summed E-state index contributed by atoms with van der Waals surface area (Å²) in [5.74, 6) is -0.333. The zero-order valence-electron chi connectivity index (χ0n) is 16.3. The third kappa shape index (κ3) is 4.83. The van der Waals surface area contributed by atoms with Crippen LogP contribution in [0, 0.1) is 11.7 Å². The van der Waals surface area contributed by atoms with E-state index in [1.54, 1.807) is 18.2 Å². The lowest BCUT2D eigenvalue weighted by molar-refractivity contribution is 0.0813. The molecule has 8 heteroatoms. The number of fused-ring (bicyclic) bond motifs is 1. The van der Waals surface area contributed by atoms with Gasteiger partial charge in [-0.15, -0.1) is 0 Å². The molecule has 156 valence electrons. The number of ketones is 1. The van der Waals surface area contributed by atoms with Gasteiger partial charge in [0.05, 0.1) is 0 Å². The maximum absolute atomic E-state index is 13.0. The Balaban J connectivity index is 1.18. The molecule has 30 heavy (non-hydrogen) atoms. The lowest BCUT2D eigenvalue weighted by atomic mass is 9.89. The smallest absolute Gasteiger partial charge is 0.411 e. The molecule has 0 aliphatic carbocycles. The zero-order valence-corrected chi connectivity index (χ0v) is 16.3. The number of likely N-dealkylation sites (tertiary alicyclic amines) is 1. The molecule has 1 aliphatic rings. The highest BCUT2D eigenvalue weighted by molar-refractivity contribution is 5.97. The van der Waals surface area contributed by atoms with Crippen LogP contribution in [0.15, 0.2) is 53.3 Å². The number of amides is 1. The minimum absolute atomic E-state index is 0.0534. The summed E-state index contributed by atoms with van der Waals surface area (Å²) in [5.41, 5.74) is 2.45. The van der Waals surface area contributed by atoms with E-state index in [1.807, 2.05) is 0 Å². The molecule has 1 fully saturated rings. The molecule has 2 heterocycles. The van der Waals surface area contributed by atoms with E-state index >= 15 is 0 Å². The van der Waals surface area contributed by atoms with Gasteiger partial charge in [-0.1, -0.05) is 0 Å². The number of halogens is 1. The average molecular weight is 411 g/mol. The highest BCUT2D eigenvalue weighted by Gasteiger charge is 2.25. The normalized spacial score (nSPS) is 15.2. The van der Waals surface area contributed by atoms with Crippen LogP contribution in [-0.4, -0.2) is 48.0 Å². The summed E-state index contributed by atoms with van der Waals surface area (Å²) in [4.78, 5) is 30.7. The molecule has 3 aromatic rings. The van der Waals surface area contributed by atoms with Crippen molar-refractivity contribution in [1.29, 1.82) is 0 Å². The van der Waals surface area contributed by atoms with E-state index < -0.39 is 6.09 Å². The topological polar surface area (TPSA) is 84.7 Å². The van der Waals surface area contributed by atoms with E-state index in [0.717, 1.165) is 25.9 Å². The summed E-state index contributed by atoms with van der Waals surface area (Å²) in [6, 6.07) is 10.9. The van der Waals surface area contributed by atoms with Crippen molar-refractivity contribution in [2.45, 2.75) is 12.8 Å². The number of oxazole rings is 1. The highest BCUT2D eigenvalue weighted by atomic mass is 19.1. The van der Waals surface area contributed by atoms with Gasteiger partial charge in [0.2, 0.25) is 0 Å². The van der Waals surface area contributed by atoms with Gasteiger partial charge in [-0.25, -0.2) is 14.2 Å². The molecule has 7 nitrogen and oxygen atoms in total. The van der Waals surface area contributed by atoms with Crippen molar-refractivity contribution < 1.29 is 23.1 Å². The summed E-state index contributed by atoms with van der Waals surface area (Å²) >= 11 is 0. The Kier molecular flexibility index (Phi) is 6.04. The molecule has 0 radical (unpaired) electrons. The SMILES string of the molecule is O=C(Nc1ccc2ocnc2c1)OCCN1CCC(C(=O)c2ccc(F)cc2)CC1. The Morgan fingerprint density at radius 1 is 1.17 bits per heavy atom. The summed E-state index contributed by atoms with van der Waals surface area (Å²) in [5, 5.41) is 2.67. The average Bonchev–Trinajstić information content (AvgIpc) is 3.22. The summed E-state index contributed by atoms with van der Waals surface area (Å²) < 4.78 is 23.4. The lowest BCUT2D eigenvalue weighted by Gasteiger charge is -2.31. The Morgan fingerprint density at radius 3 is 2.70 bits per heavy atom. The number of hydrogen-bond donors (Lipinski definition) is 1. The van der Waals surface area contributed by atoms with Gasteiger partial charge >= 0.3 is 6.09 Å². The van der Waals surface area contributed by atoms with Crippen LogP contribution >= 0.6 is 0 Å². The van der Waals surface area contributed by atoms with Gasteiger partial charge in [0, 0.05) is 23.7 Å². The van der Waals surface area contributed by atoms with Crippen LogP contribution < -0.4 is 5.32 Å². The molecule has 1 aromatic heterocycles. The third-order valence-electron chi connectivity index (χ3n) is 5.30. The van der Waals surface area contributed by atoms with Crippen LogP contribution in [0.25, 0.3) is 11.1 Å². The number of nitrogens with one attached hydrogen (secondary N) is 1. The number of hydrogen-bond acceptors (Lipinski definition) is 6. The van der Waals surface area contributed by atoms with E-state index in [1.165, 1.54) is 30.7 Å². The van der Waals surface area contributed by atoms with Crippen molar-refractivity contribution in [3.8, 4) is 0 Å². The van der Waals surface area contributed by atoms with Gasteiger partial charge in [0.25, 0.3) is 0 Å². The van der Waals surface area contributed by atoms with Crippen molar-refractivity contribution in [2.24, 2.45) is 5.92 Å². The Morgan fingerprint density at radius 2 is 1.93 bits per heavy atom. The predicted octanol–water partition coefficient (Wildman–Crippen LogP) is 4.11. The van der Waals surface area contributed by atoms with Gasteiger partial charge in [0.15, 0.2) is 17.8 Å². The van der Waals surface area contributed by atoms with Crippen molar-refractivity contribution in [1.82, 2.24) is 9.88 Å². The van der Waals surface area contributed by atoms with Gasteiger partial charge in [0.1, 0.15) is 17.9 Å². The van der Waals surface area contributed by atoms with Crippen LogP contribution in [-0.2, 0) is 4.74 Å². The van der Waals surface area contributed by atoms with Crippen LogP contribution in [0.5, 0.6) is 0 Å². The molecule has 1 N–H and O–H groups in total. The molecule has 0 unspecified atom stereocenters. The van der Waals surface area contributed by atoms with E-state index in [-0.39, 0.29) is 24.1 Å². The molecule has 0 spiro atoms. The van der Waals surface area contributed by atoms with Crippen LogP contribution in [0.3, 0.4) is 0 Å². The number of rotatable bonds is 6. The Hall–Kier alpha value is -3.26. The first-order valence-electron chi connectivity index (χ1n) is 9.87. The van der Waals surface area contributed by atoms with Crippen LogP contribution in [0.4, 0.5) is 14.9 Å². The quantitative estimate of drug-likeness (QED) is 0.615. The predicted molar refractivity (Wildman–Crippen MR) is 109 cm³/mol. The first kappa shape index (κ1) is 20.0. The van der Waals surface area contributed by atoms with Crippen molar-refractivity contribution in [2.75, 3.05) is 31.6 Å². The number of piperidine rings is 1. The maximum atomic E-state index is 13.0. The largest absolute Gasteiger partial charge is 0.448 e. The fraction of sp³-hybridized carbons (Fsp3) is 0.318. The molecule has 4 rings (SSSR count). The Labute approximate surface area is 172 Å². The molecular formula is C22H22FN3O4. The highest BCUT2D eigenvalue weighted by Crippen LogP contribution is 2.22. The van der Waals surface area contributed by atoms with Gasteiger partial charge in [-0.05, 0) is 68.4 Å². The summed E-state index contributed by atoms with van der Waals surface area (Å²) in [7, 11) is 0. The van der Waals surface area contributed by atoms with Crippen molar-refractivity contribution in [3.05, 3.63) is 60.2 Å². The second-order valence-corrected chi connectivity index (χ2v) is 7.28. The molecule has 1 aliphatic heterocycles. The van der Waals surface area contributed by atoms with Crippen LogP contribution in [0.2, 0.25) is 0 Å². The minimum atomic E-state index is -0.529. The van der Waals surface area contributed by atoms with Crippen LogP contribution in [0.1, 0.15) is 23.2 Å². The molecule has 2 aromatic carbocycles. The monoisotopic (exact) mass is 411 g/mol. The molecular weight excluding hydrogens is 389 g/mol. The zero-order chi connectivity index (χ0) is 20.9. The molecule has 1 amide bonds. The second kappa shape index (κ2) is 9.04. The first-order chi connectivity index (χ1) is 14.6. The number of benzene rings is 2. The van der Waals surface area contributed by atoms with E-state index in [0.29, 0.717) is 28.9 Å². The molecule has 0 bridgehead atoms. The van der Waals surface area contributed by atoms with Crippen molar-refractivity contribution in [3.63, 3.8) is 0 Å². The molecule has 1 saturated heterocycles. The minimum Gasteiger partial charge on any atom is -0.448 e. The van der Waals surface area contributed by atoms with Gasteiger partial charge in [-0.2, -0.15) is 0 Å². The second-order valence-electron chi connectivity index (χ2n) is 7.28. The lowest BCUT2D eigenvalue weighted by Crippen LogP contribution is -2.38. The van der Waals surface area contributed by atoms with Crippen molar-refractivity contribution >= 4 is 28.7 Å². The fourth-order valence-corrected chi connectivity index (χ4v) is 3.63. The number of anilines is 1. The molecule has 0 atom stereocenters. The fourth-order valence-electron chi connectivity index (χ4n) is 3.63.